The van der Waals surface area contributed by atoms with E-state index in [9.17, 15) is 4.79 Å². The van der Waals surface area contributed by atoms with Crippen molar-refractivity contribution in [3.05, 3.63) is 82.3 Å². The molecule has 0 spiro atoms. The van der Waals surface area contributed by atoms with E-state index in [1.807, 2.05) is 56.3 Å². The zero-order valence-electron chi connectivity index (χ0n) is 14.6. The first-order valence-corrected chi connectivity index (χ1v) is 8.58. The number of nitrogens with one attached hydrogen (secondary N) is 2. The van der Waals surface area contributed by atoms with Crippen molar-refractivity contribution >= 4 is 29.0 Å². The van der Waals surface area contributed by atoms with Crippen LogP contribution >= 0.6 is 11.6 Å². The van der Waals surface area contributed by atoms with Gasteiger partial charge in [0.2, 0.25) is 0 Å². The van der Waals surface area contributed by atoms with Gasteiger partial charge in [-0.05, 0) is 36.6 Å². The Morgan fingerprint density at radius 1 is 1.08 bits per heavy atom. The molecular weight excluding hydrogens is 348 g/mol. The van der Waals surface area contributed by atoms with E-state index in [-0.39, 0.29) is 11.6 Å². The third-order valence-electron chi connectivity index (χ3n) is 3.87. The largest absolute Gasteiger partial charge is 0.347 e. The van der Waals surface area contributed by atoms with Crippen molar-refractivity contribution in [3.63, 3.8) is 0 Å². The van der Waals surface area contributed by atoms with Gasteiger partial charge in [-0.15, -0.1) is 0 Å². The number of rotatable bonds is 5. The minimum atomic E-state index is -0.266. The van der Waals surface area contributed by atoms with Crippen LogP contribution in [0.4, 0.5) is 11.5 Å². The molecule has 1 amide bonds. The average Bonchev–Trinajstić information content (AvgIpc) is 2.64. The first kappa shape index (κ1) is 17.9. The minimum Gasteiger partial charge on any atom is -0.347 e. The van der Waals surface area contributed by atoms with Gasteiger partial charge in [-0.1, -0.05) is 48.0 Å². The first-order valence-electron chi connectivity index (χ1n) is 8.21. The van der Waals surface area contributed by atoms with Crippen molar-refractivity contribution in [3.8, 4) is 0 Å². The molecule has 1 aromatic heterocycles. The van der Waals surface area contributed by atoms with E-state index in [0.29, 0.717) is 17.4 Å². The summed E-state index contributed by atoms with van der Waals surface area (Å²) in [5, 5.41) is 6.60. The highest BCUT2D eigenvalue weighted by molar-refractivity contribution is 6.33. The molecule has 0 aliphatic carbocycles. The molecule has 5 nitrogen and oxygen atoms in total. The summed E-state index contributed by atoms with van der Waals surface area (Å²) in [5.41, 5.74) is 4.18. The molecule has 0 saturated heterocycles. The smallest absolute Gasteiger partial charge is 0.271 e. The molecule has 1 heterocycles. The van der Waals surface area contributed by atoms with Crippen molar-refractivity contribution < 1.29 is 4.79 Å². The van der Waals surface area contributed by atoms with E-state index in [2.05, 4.69) is 20.6 Å². The molecule has 26 heavy (non-hydrogen) atoms. The molecule has 3 aromatic rings. The number of anilines is 2. The quantitative estimate of drug-likeness (QED) is 0.701. The molecule has 132 valence electrons. The van der Waals surface area contributed by atoms with Crippen LogP contribution in [0.3, 0.4) is 0 Å². The molecule has 0 aliphatic heterocycles. The van der Waals surface area contributed by atoms with Crippen molar-refractivity contribution in [2.75, 3.05) is 5.32 Å². The number of benzene rings is 2. The van der Waals surface area contributed by atoms with E-state index >= 15 is 0 Å². The number of carbonyl (C=O) groups is 1. The summed E-state index contributed by atoms with van der Waals surface area (Å²) >= 11 is 6.29. The molecule has 0 fully saturated rings. The van der Waals surface area contributed by atoms with Crippen LogP contribution in [0.25, 0.3) is 0 Å². The van der Waals surface area contributed by atoms with E-state index in [1.54, 1.807) is 0 Å². The fraction of sp³-hybridized carbons (Fsp3) is 0.150. The summed E-state index contributed by atoms with van der Waals surface area (Å²) in [7, 11) is 0. The predicted molar refractivity (Wildman–Crippen MR) is 104 cm³/mol. The molecule has 6 heteroatoms. The van der Waals surface area contributed by atoms with Gasteiger partial charge in [-0.25, -0.2) is 9.97 Å². The zero-order chi connectivity index (χ0) is 18.5. The number of hydrogen-bond acceptors (Lipinski definition) is 4. The molecule has 0 atom stereocenters. The third kappa shape index (κ3) is 4.37. The number of carbonyl (C=O) groups excluding carboxylic acids is 1. The maximum atomic E-state index is 12.2. The lowest BCUT2D eigenvalue weighted by Gasteiger charge is -2.12. The second kappa shape index (κ2) is 7.97. The Morgan fingerprint density at radius 2 is 1.85 bits per heavy atom. The minimum absolute atomic E-state index is 0.262. The monoisotopic (exact) mass is 366 g/mol. The Kier molecular flexibility index (Phi) is 5.49. The number of amides is 1. The van der Waals surface area contributed by atoms with Crippen molar-refractivity contribution in [2.24, 2.45) is 0 Å². The Morgan fingerprint density at radius 3 is 2.50 bits per heavy atom. The van der Waals surface area contributed by atoms with Crippen LogP contribution < -0.4 is 10.6 Å². The maximum absolute atomic E-state index is 12.2. The van der Waals surface area contributed by atoms with Gasteiger partial charge in [-0.2, -0.15) is 0 Å². The SMILES string of the molecule is Cc1cc(C)c(Nc2cnc(C(=O)NCc3ccccc3)cn2)c(Cl)c1. The Bertz CT molecular complexity index is 888. The van der Waals surface area contributed by atoms with Crippen LogP contribution in [0.1, 0.15) is 27.2 Å². The Hall–Kier alpha value is -2.92. The molecule has 2 N–H and O–H groups in total. The lowest BCUT2D eigenvalue weighted by Crippen LogP contribution is -2.24. The number of nitrogens with zero attached hydrogens (tertiary/aromatic N) is 2. The van der Waals surface area contributed by atoms with Crippen LogP contribution in [0.15, 0.2) is 54.9 Å². The van der Waals surface area contributed by atoms with Gasteiger partial charge in [0, 0.05) is 6.54 Å². The van der Waals surface area contributed by atoms with E-state index in [0.717, 1.165) is 22.4 Å². The second-order valence-corrected chi connectivity index (χ2v) is 6.43. The van der Waals surface area contributed by atoms with Gasteiger partial charge in [0.05, 0.1) is 23.1 Å². The molecule has 0 saturated carbocycles. The maximum Gasteiger partial charge on any atom is 0.271 e. The molecule has 0 aliphatic rings. The summed E-state index contributed by atoms with van der Waals surface area (Å²) in [6.45, 7) is 4.41. The predicted octanol–water partition coefficient (Wildman–Crippen LogP) is 4.42. The first-order chi connectivity index (χ1) is 12.5. The number of aromatic nitrogens is 2. The van der Waals surface area contributed by atoms with Crippen LogP contribution in [0, 0.1) is 13.8 Å². The number of aryl methyl sites for hydroxylation is 2. The lowest BCUT2D eigenvalue weighted by atomic mass is 10.1. The Balaban J connectivity index is 1.66. The summed E-state index contributed by atoms with van der Waals surface area (Å²) in [5.74, 6) is 0.260. The van der Waals surface area contributed by atoms with Crippen LogP contribution in [-0.2, 0) is 6.54 Å². The van der Waals surface area contributed by atoms with Crippen LogP contribution in [0.2, 0.25) is 5.02 Å². The van der Waals surface area contributed by atoms with Crippen LogP contribution in [0.5, 0.6) is 0 Å². The normalized spacial score (nSPS) is 10.4. The molecule has 3 rings (SSSR count). The highest BCUT2D eigenvalue weighted by Crippen LogP contribution is 2.29. The van der Waals surface area contributed by atoms with E-state index < -0.39 is 0 Å². The van der Waals surface area contributed by atoms with Crippen LogP contribution in [-0.4, -0.2) is 15.9 Å². The summed E-state index contributed by atoms with van der Waals surface area (Å²) in [4.78, 5) is 20.6. The fourth-order valence-electron chi connectivity index (χ4n) is 2.58. The lowest BCUT2D eigenvalue weighted by molar-refractivity contribution is 0.0945. The summed E-state index contributed by atoms with van der Waals surface area (Å²) in [6, 6.07) is 13.6. The fourth-order valence-corrected chi connectivity index (χ4v) is 2.95. The number of hydrogen-bond donors (Lipinski definition) is 2. The van der Waals surface area contributed by atoms with Gasteiger partial charge >= 0.3 is 0 Å². The highest BCUT2D eigenvalue weighted by atomic mass is 35.5. The molecule has 0 radical (unpaired) electrons. The number of halogens is 1. The topological polar surface area (TPSA) is 66.9 Å². The molecule has 0 bridgehead atoms. The van der Waals surface area contributed by atoms with Gasteiger partial charge in [0.25, 0.3) is 5.91 Å². The standard InChI is InChI=1S/C20H19ClN4O/c1-13-8-14(2)19(16(21)9-13)25-18-12-22-17(11-23-18)20(26)24-10-15-6-4-3-5-7-15/h3-9,11-12H,10H2,1-2H3,(H,23,25)(H,24,26). The summed E-state index contributed by atoms with van der Waals surface area (Å²) in [6.07, 6.45) is 2.97. The van der Waals surface area contributed by atoms with Crippen molar-refractivity contribution in [2.45, 2.75) is 20.4 Å². The van der Waals surface area contributed by atoms with Gasteiger partial charge in [0.15, 0.2) is 0 Å². The molecular formula is C20H19ClN4O. The second-order valence-electron chi connectivity index (χ2n) is 6.02. The van der Waals surface area contributed by atoms with Gasteiger partial charge in [-0.3, -0.25) is 4.79 Å². The highest BCUT2D eigenvalue weighted by Gasteiger charge is 2.10. The van der Waals surface area contributed by atoms with Gasteiger partial charge in [0.1, 0.15) is 11.5 Å². The van der Waals surface area contributed by atoms with Crippen molar-refractivity contribution in [1.29, 1.82) is 0 Å². The zero-order valence-corrected chi connectivity index (χ0v) is 15.3. The van der Waals surface area contributed by atoms with E-state index in [1.165, 1.54) is 12.4 Å². The Labute approximate surface area is 157 Å². The van der Waals surface area contributed by atoms with Gasteiger partial charge < -0.3 is 10.6 Å². The van der Waals surface area contributed by atoms with E-state index in [4.69, 9.17) is 11.6 Å². The third-order valence-corrected chi connectivity index (χ3v) is 4.16. The average molecular weight is 367 g/mol. The summed E-state index contributed by atoms with van der Waals surface area (Å²) < 4.78 is 0. The molecule has 2 aromatic carbocycles. The molecule has 0 unspecified atom stereocenters. The van der Waals surface area contributed by atoms with Crippen molar-refractivity contribution in [1.82, 2.24) is 15.3 Å².